The van der Waals surface area contributed by atoms with Gasteiger partial charge in [-0.05, 0) is 56.1 Å². The monoisotopic (exact) mass is 426 g/mol. The third kappa shape index (κ3) is 5.44. The first-order valence-corrected chi connectivity index (χ1v) is 9.70. The van der Waals surface area contributed by atoms with Crippen LogP contribution >= 0.6 is 11.6 Å². The number of nitrogens with one attached hydrogen (secondary N) is 1. The lowest BCUT2D eigenvalue weighted by Crippen LogP contribution is -2.26. The van der Waals surface area contributed by atoms with E-state index in [-0.39, 0.29) is 18.3 Å². The summed E-state index contributed by atoms with van der Waals surface area (Å²) in [6.07, 6.45) is 0. The lowest BCUT2D eigenvalue weighted by Gasteiger charge is -2.25. The smallest absolute Gasteiger partial charge is 0.236 e. The van der Waals surface area contributed by atoms with Crippen molar-refractivity contribution in [3.05, 3.63) is 70.7 Å². The summed E-state index contributed by atoms with van der Waals surface area (Å²) in [7, 11) is 5.63. The summed E-state index contributed by atoms with van der Waals surface area (Å²) < 4.78 is 16.6. The summed E-state index contributed by atoms with van der Waals surface area (Å²) in [5, 5.41) is 13.2. The van der Waals surface area contributed by atoms with E-state index in [0.29, 0.717) is 29.1 Å². The van der Waals surface area contributed by atoms with Crippen molar-refractivity contribution in [2.45, 2.75) is 12.6 Å². The Morgan fingerprint density at radius 1 is 1.13 bits per heavy atom. The number of benzene rings is 2. The maximum atomic E-state index is 9.40. The molecule has 0 spiro atoms. The highest BCUT2D eigenvalue weighted by molar-refractivity contribution is 6.30. The van der Waals surface area contributed by atoms with Gasteiger partial charge < -0.3 is 24.1 Å². The molecule has 0 amide bonds. The molecule has 1 aromatic heterocycles. The molecule has 0 aliphatic rings. The number of ether oxygens (including phenoxy) is 2. The molecule has 3 rings (SSSR count). The predicted octanol–water partition coefficient (Wildman–Crippen LogP) is 4.50. The number of methoxy groups -OCH3 is 1. The van der Waals surface area contributed by atoms with Crippen molar-refractivity contribution in [1.29, 1.82) is 5.26 Å². The summed E-state index contributed by atoms with van der Waals surface area (Å²) in [5.74, 6) is 2.08. The van der Waals surface area contributed by atoms with Crippen LogP contribution in [0.1, 0.15) is 23.2 Å². The van der Waals surface area contributed by atoms with Gasteiger partial charge in [-0.2, -0.15) is 10.2 Å². The second kappa shape index (κ2) is 10.0. The van der Waals surface area contributed by atoms with Crippen molar-refractivity contribution < 1.29 is 13.9 Å². The van der Waals surface area contributed by atoms with Crippen LogP contribution < -0.4 is 14.8 Å². The van der Waals surface area contributed by atoms with Gasteiger partial charge in [-0.25, -0.2) is 0 Å². The van der Waals surface area contributed by atoms with Crippen molar-refractivity contribution in [2.75, 3.05) is 33.1 Å². The van der Waals surface area contributed by atoms with Gasteiger partial charge in [0, 0.05) is 11.6 Å². The number of anilines is 1. The molecule has 0 radical (unpaired) electrons. The Labute approximate surface area is 180 Å². The molecule has 0 fully saturated rings. The number of nitriles is 1. The summed E-state index contributed by atoms with van der Waals surface area (Å²) in [4.78, 5) is 6.29. The van der Waals surface area contributed by atoms with Gasteiger partial charge >= 0.3 is 0 Å². The minimum Gasteiger partial charge on any atom is -0.497 e. The molecule has 1 N–H and O–H groups in total. The SMILES string of the molecule is COc1ccc([C@H](CNc2oc(COc3ccc(Cl)cc3)nc2C#N)N(C)C)cc1. The van der Waals surface area contributed by atoms with E-state index in [1.807, 2.05) is 38.4 Å². The highest BCUT2D eigenvalue weighted by Crippen LogP contribution is 2.24. The molecule has 156 valence electrons. The van der Waals surface area contributed by atoms with Crippen LogP contribution in [0.3, 0.4) is 0 Å². The van der Waals surface area contributed by atoms with Crippen LogP contribution in [0.25, 0.3) is 0 Å². The third-order valence-electron chi connectivity index (χ3n) is 4.53. The fraction of sp³-hybridized carbons (Fsp3) is 0.273. The molecule has 8 heteroatoms. The topological polar surface area (TPSA) is 83.5 Å². The van der Waals surface area contributed by atoms with Crippen LogP contribution in [0.5, 0.6) is 11.5 Å². The molecular formula is C22H23ClN4O3. The molecular weight excluding hydrogens is 404 g/mol. The first-order chi connectivity index (χ1) is 14.5. The molecule has 0 saturated carbocycles. The van der Waals surface area contributed by atoms with Crippen molar-refractivity contribution in [3.8, 4) is 17.6 Å². The molecule has 3 aromatic rings. The van der Waals surface area contributed by atoms with Gasteiger partial charge in [-0.1, -0.05) is 23.7 Å². The van der Waals surface area contributed by atoms with Gasteiger partial charge in [0.1, 0.15) is 17.6 Å². The van der Waals surface area contributed by atoms with E-state index in [1.165, 1.54) is 0 Å². The zero-order valence-corrected chi connectivity index (χ0v) is 17.8. The zero-order valence-electron chi connectivity index (χ0n) is 17.1. The normalized spacial score (nSPS) is 11.7. The molecule has 1 atom stereocenters. The zero-order chi connectivity index (χ0) is 21.5. The average Bonchev–Trinajstić information content (AvgIpc) is 3.16. The number of aromatic nitrogens is 1. The van der Waals surface area contributed by atoms with Crippen molar-refractivity contribution in [3.63, 3.8) is 0 Å². The Hall–Kier alpha value is -3.21. The summed E-state index contributed by atoms with van der Waals surface area (Å²) in [5.41, 5.74) is 1.30. The quantitative estimate of drug-likeness (QED) is 0.539. The maximum absolute atomic E-state index is 9.40. The molecule has 1 heterocycles. The van der Waals surface area contributed by atoms with E-state index < -0.39 is 0 Å². The van der Waals surface area contributed by atoms with Gasteiger partial charge in [-0.15, -0.1) is 0 Å². The highest BCUT2D eigenvalue weighted by Gasteiger charge is 2.18. The first-order valence-electron chi connectivity index (χ1n) is 9.32. The molecule has 0 aliphatic heterocycles. The number of likely N-dealkylation sites (N-methyl/N-ethyl adjacent to an activating group) is 1. The lowest BCUT2D eigenvalue weighted by molar-refractivity contribution is 0.264. The Morgan fingerprint density at radius 2 is 1.80 bits per heavy atom. The molecule has 30 heavy (non-hydrogen) atoms. The van der Waals surface area contributed by atoms with Crippen molar-refractivity contribution in [2.24, 2.45) is 0 Å². The van der Waals surface area contributed by atoms with E-state index in [0.717, 1.165) is 11.3 Å². The minimum absolute atomic E-state index is 0.0568. The van der Waals surface area contributed by atoms with Gasteiger partial charge in [0.2, 0.25) is 17.5 Å². The standard InChI is InChI=1S/C22H23ClN4O3/c1-27(2)20(15-4-8-17(28-3)9-5-15)13-25-22-19(12-24)26-21(30-22)14-29-18-10-6-16(23)7-11-18/h4-11,20,25H,13-14H2,1-3H3/t20-/m0/s1. The van der Waals surface area contributed by atoms with Crippen LogP contribution in [0, 0.1) is 11.3 Å². The van der Waals surface area contributed by atoms with Crippen molar-refractivity contribution >= 4 is 17.5 Å². The molecule has 2 aromatic carbocycles. The number of hydrogen-bond acceptors (Lipinski definition) is 7. The molecule has 0 unspecified atom stereocenters. The fourth-order valence-electron chi connectivity index (χ4n) is 2.91. The van der Waals surface area contributed by atoms with Gasteiger partial charge in [0.05, 0.1) is 13.2 Å². The van der Waals surface area contributed by atoms with E-state index >= 15 is 0 Å². The van der Waals surface area contributed by atoms with Gasteiger partial charge in [0.25, 0.3) is 0 Å². The van der Waals surface area contributed by atoms with Crippen LogP contribution in [0.2, 0.25) is 5.02 Å². The fourth-order valence-corrected chi connectivity index (χ4v) is 3.04. The Kier molecular flexibility index (Phi) is 7.17. The maximum Gasteiger partial charge on any atom is 0.236 e. The second-order valence-corrected chi connectivity index (χ2v) is 7.21. The van der Waals surface area contributed by atoms with E-state index in [1.54, 1.807) is 31.4 Å². The predicted molar refractivity (Wildman–Crippen MR) is 115 cm³/mol. The molecule has 0 saturated heterocycles. The van der Waals surface area contributed by atoms with Crippen LogP contribution in [-0.2, 0) is 6.61 Å². The molecule has 0 aliphatic carbocycles. The minimum atomic E-state index is 0.0568. The lowest BCUT2D eigenvalue weighted by atomic mass is 10.1. The van der Waals surface area contributed by atoms with Gasteiger partial charge in [0.15, 0.2) is 6.61 Å². The first kappa shape index (κ1) is 21.5. The number of oxazole rings is 1. The second-order valence-electron chi connectivity index (χ2n) is 6.77. The number of rotatable bonds is 9. The Morgan fingerprint density at radius 3 is 2.40 bits per heavy atom. The van der Waals surface area contributed by atoms with Crippen LogP contribution in [-0.4, -0.2) is 37.6 Å². The Balaban J connectivity index is 1.67. The largest absolute Gasteiger partial charge is 0.497 e. The summed E-state index contributed by atoms with van der Waals surface area (Å²) >= 11 is 5.87. The number of nitrogens with zero attached hydrogens (tertiary/aromatic N) is 3. The third-order valence-corrected chi connectivity index (χ3v) is 4.79. The summed E-state index contributed by atoms with van der Waals surface area (Å²) in [6.45, 7) is 0.633. The Bertz CT molecular complexity index is 995. The van der Waals surface area contributed by atoms with Crippen LogP contribution in [0.4, 0.5) is 5.88 Å². The van der Waals surface area contributed by atoms with Gasteiger partial charge in [-0.3, -0.25) is 0 Å². The number of hydrogen-bond donors (Lipinski definition) is 1. The van der Waals surface area contributed by atoms with E-state index in [9.17, 15) is 5.26 Å². The average molecular weight is 427 g/mol. The highest BCUT2D eigenvalue weighted by atomic mass is 35.5. The summed E-state index contributed by atoms with van der Waals surface area (Å²) in [6, 6.07) is 17.0. The van der Waals surface area contributed by atoms with E-state index in [4.69, 9.17) is 25.5 Å². The molecule has 7 nitrogen and oxygen atoms in total. The van der Waals surface area contributed by atoms with E-state index in [2.05, 4.69) is 21.3 Å². The van der Waals surface area contributed by atoms with Crippen LogP contribution in [0.15, 0.2) is 52.9 Å². The van der Waals surface area contributed by atoms with Crippen molar-refractivity contribution in [1.82, 2.24) is 9.88 Å². The molecule has 0 bridgehead atoms. The number of halogens is 1.